The minimum absolute atomic E-state index is 0.150. The van der Waals surface area contributed by atoms with Crippen LogP contribution in [0.25, 0.3) is 10.8 Å². The third-order valence-electron chi connectivity index (χ3n) is 6.79. The predicted octanol–water partition coefficient (Wildman–Crippen LogP) is 8.57. The van der Waals surface area contributed by atoms with E-state index in [9.17, 15) is 9.90 Å². The Morgan fingerprint density at radius 2 is 1.14 bits per heavy atom. The van der Waals surface area contributed by atoms with E-state index < -0.39 is 11.7 Å². The molecule has 0 atom stereocenters. The number of hydrogen-bond acceptors (Lipinski definition) is 2. The number of benzene rings is 2. The summed E-state index contributed by atoms with van der Waals surface area (Å²) in [6, 6.07) is 9.85. The van der Waals surface area contributed by atoms with Crippen LogP contribution in [-0.2, 0) is 0 Å². The summed E-state index contributed by atoms with van der Waals surface area (Å²) in [7, 11) is 6.89. The molecular formula is C32H53NO3. The molecule has 204 valence electrons. The van der Waals surface area contributed by atoms with Crippen molar-refractivity contribution in [1.29, 1.82) is 0 Å². The number of quaternary nitrogens is 1. The van der Waals surface area contributed by atoms with Gasteiger partial charge >= 0.3 is 5.97 Å². The lowest BCUT2D eigenvalue weighted by atomic mass is 10.0. The maximum absolute atomic E-state index is 11.3. The van der Waals surface area contributed by atoms with Crippen LogP contribution in [0.1, 0.15) is 120 Å². The Morgan fingerprint density at radius 3 is 1.58 bits per heavy atom. The summed E-state index contributed by atoms with van der Waals surface area (Å²) in [5.41, 5.74) is -0.150. The van der Waals surface area contributed by atoms with Crippen molar-refractivity contribution in [2.45, 2.75) is 110 Å². The molecule has 0 spiro atoms. The first-order valence-corrected chi connectivity index (χ1v) is 14.5. The van der Waals surface area contributed by atoms with Gasteiger partial charge in [0.15, 0.2) is 0 Å². The van der Waals surface area contributed by atoms with Crippen LogP contribution in [0, 0.1) is 0 Å². The second-order valence-corrected chi connectivity index (χ2v) is 11.3. The molecule has 0 radical (unpaired) electrons. The highest BCUT2D eigenvalue weighted by Gasteiger charge is 2.08. The van der Waals surface area contributed by atoms with Crippen LogP contribution in [0.5, 0.6) is 5.75 Å². The van der Waals surface area contributed by atoms with Gasteiger partial charge in [-0.05, 0) is 23.6 Å². The van der Waals surface area contributed by atoms with Gasteiger partial charge in [-0.1, -0.05) is 139 Å². The smallest absolute Gasteiger partial charge is 0.335 e. The van der Waals surface area contributed by atoms with Crippen molar-refractivity contribution >= 4 is 16.7 Å². The van der Waals surface area contributed by atoms with Gasteiger partial charge in [-0.25, -0.2) is 4.79 Å². The number of unbranched alkanes of at least 4 members (excludes halogenated alkanes) is 15. The van der Waals surface area contributed by atoms with Crippen LogP contribution in [0.3, 0.4) is 0 Å². The number of fused-ring (bicyclic) bond motifs is 1. The highest BCUT2D eigenvalue weighted by atomic mass is 16.4. The van der Waals surface area contributed by atoms with Crippen molar-refractivity contribution in [3.8, 4) is 5.75 Å². The molecule has 4 heteroatoms. The molecule has 0 aliphatic carbocycles. The van der Waals surface area contributed by atoms with E-state index in [0.717, 1.165) is 9.87 Å². The summed E-state index contributed by atoms with van der Waals surface area (Å²) >= 11 is 0. The van der Waals surface area contributed by atoms with Gasteiger partial charge in [0.1, 0.15) is 0 Å². The number of aromatic carboxylic acids is 1. The van der Waals surface area contributed by atoms with E-state index in [0.29, 0.717) is 5.39 Å². The molecule has 0 aliphatic heterocycles. The Labute approximate surface area is 221 Å². The number of hydrogen-bond donors (Lipinski definition) is 1. The minimum atomic E-state index is -1.17. The summed E-state index contributed by atoms with van der Waals surface area (Å²) in [4.78, 5) is 10.8. The molecule has 0 saturated heterocycles. The average Bonchev–Trinajstić information content (AvgIpc) is 2.83. The molecule has 2 aromatic rings. The topological polar surface area (TPSA) is 60.4 Å². The summed E-state index contributed by atoms with van der Waals surface area (Å²) in [6.07, 6.45) is 23.4. The summed E-state index contributed by atoms with van der Waals surface area (Å²) in [6.45, 7) is 3.63. The second-order valence-electron chi connectivity index (χ2n) is 11.3. The third-order valence-corrected chi connectivity index (χ3v) is 6.79. The van der Waals surface area contributed by atoms with Crippen molar-refractivity contribution < 1.29 is 19.5 Å². The molecule has 2 aromatic carbocycles. The SMILES string of the molecule is CCCCCCCCCCCCCCCCCC[N+](C)(C)C.O=C(O)c1c([O-])ccc2ccccc12. The Bertz CT molecular complexity index is 841. The van der Waals surface area contributed by atoms with Gasteiger partial charge in [0.25, 0.3) is 0 Å². The molecule has 2 rings (SSSR count). The van der Waals surface area contributed by atoms with E-state index in [4.69, 9.17) is 5.11 Å². The number of nitrogens with zero attached hydrogens (tertiary/aromatic N) is 1. The molecule has 0 bridgehead atoms. The van der Waals surface area contributed by atoms with Crippen molar-refractivity contribution in [3.63, 3.8) is 0 Å². The van der Waals surface area contributed by atoms with Gasteiger partial charge in [0.05, 0.1) is 33.3 Å². The number of rotatable bonds is 18. The average molecular weight is 500 g/mol. The maximum Gasteiger partial charge on any atom is 0.335 e. The van der Waals surface area contributed by atoms with Crippen molar-refractivity contribution in [1.82, 2.24) is 0 Å². The zero-order valence-electron chi connectivity index (χ0n) is 23.7. The first-order valence-electron chi connectivity index (χ1n) is 14.5. The standard InChI is InChI=1S/C21H46N.C11H8O3/c1-5-6-7-8-9-10-11-12-13-14-15-16-17-18-19-20-21-22(2,3)4;12-9-6-5-7-3-1-2-4-8(7)10(9)11(13)14/h5-21H2,1-4H3;1-6,12H,(H,13,14)/q+1;/p-1. The lowest BCUT2D eigenvalue weighted by Gasteiger charge is -2.23. The largest absolute Gasteiger partial charge is 0.872 e. The third kappa shape index (κ3) is 15.1. The normalized spacial score (nSPS) is 11.3. The molecule has 1 N–H and O–H groups in total. The van der Waals surface area contributed by atoms with E-state index in [1.54, 1.807) is 30.3 Å². The fourth-order valence-corrected chi connectivity index (χ4v) is 4.61. The Hall–Kier alpha value is -2.07. The molecule has 0 heterocycles. The second kappa shape index (κ2) is 19.1. The molecule has 0 fully saturated rings. The Morgan fingerprint density at radius 1 is 0.694 bits per heavy atom. The van der Waals surface area contributed by atoms with Gasteiger partial charge in [-0.3, -0.25) is 0 Å². The lowest BCUT2D eigenvalue weighted by Crippen LogP contribution is -2.35. The number of carboxylic acids is 1. The predicted molar refractivity (Wildman–Crippen MR) is 153 cm³/mol. The monoisotopic (exact) mass is 499 g/mol. The molecule has 36 heavy (non-hydrogen) atoms. The summed E-state index contributed by atoms with van der Waals surface area (Å²) in [5, 5.41) is 21.4. The fourth-order valence-electron chi connectivity index (χ4n) is 4.61. The molecule has 0 saturated carbocycles. The zero-order chi connectivity index (χ0) is 26.7. The molecule has 0 aromatic heterocycles. The van der Waals surface area contributed by atoms with E-state index >= 15 is 0 Å². The Balaban J connectivity index is 0.000000393. The van der Waals surface area contributed by atoms with Gasteiger partial charge in [0, 0.05) is 0 Å². The van der Waals surface area contributed by atoms with E-state index in [1.807, 2.05) is 0 Å². The quantitative estimate of drug-likeness (QED) is 0.165. The van der Waals surface area contributed by atoms with Crippen LogP contribution >= 0.6 is 0 Å². The van der Waals surface area contributed by atoms with Gasteiger partial charge in [-0.2, -0.15) is 0 Å². The molecule has 4 nitrogen and oxygen atoms in total. The summed E-state index contributed by atoms with van der Waals surface area (Å²) in [5.74, 6) is -1.62. The van der Waals surface area contributed by atoms with Gasteiger partial charge in [0.2, 0.25) is 0 Å². The van der Waals surface area contributed by atoms with E-state index in [2.05, 4.69) is 28.1 Å². The first kappa shape index (κ1) is 32.0. The molecule has 0 aliphatic rings. The molecule has 0 amide bonds. The van der Waals surface area contributed by atoms with Crippen molar-refractivity contribution in [2.24, 2.45) is 0 Å². The van der Waals surface area contributed by atoms with E-state index in [-0.39, 0.29) is 5.56 Å². The highest BCUT2D eigenvalue weighted by molar-refractivity contribution is 6.05. The van der Waals surface area contributed by atoms with Gasteiger partial charge < -0.3 is 14.7 Å². The zero-order valence-corrected chi connectivity index (χ0v) is 23.7. The lowest BCUT2D eigenvalue weighted by molar-refractivity contribution is -0.870. The van der Waals surface area contributed by atoms with Crippen molar-refractivity contribution in [2.75, 3.05) is 27.7 Å². The van der Waals surface area contributed by atoms with Crippen molar-refractivity contribution in [3.05, 3.63) is 42.0 Å². The molecule has 0 unspecified atom stereocenters. The summed E-state index contributed by atoms with van der Waals surface area (Å²) < 4.78 is 1.12. The van der Waals surface area contributed by atoms with Crippen LogP contribution in [0.15, 0.2) is 36.4 Å². The van der Waals surface area contributed by atoms with Crippen LogP contribution in [0.4, 0.5) is 0 Å². The number of carboxylic acid groups (broad SMARTS) is 1. The maximum atomic E-state index is 11.3. The number of carbonyl (C=O) groups is 1. The molecular weight excluding hydrogens is 446 g/mol. The van der Waals surface area contributed by atoms with E-state index in [1.165, 1.54) is 115 Å². The van der Waals surface area contributed by atoms with Crippen LogP contribution in [0.2, 0.25) is 0 Å². The fraction of sp³-hybridized carbons (Fsp3) is 0.656. The van der Waals surface area contributed by atoms with Gasteiger partial charge in [-0.15, -0.1) is 0 Å². The highest BCUT2D eigenvalue weighted by Crippen LogP contribution is 2.24. The van der Waals surface area contributed by atoms with Crippen LogP contribution < -0.4 is 5.11 Å². The minimum Gasteiger partial charge on any atom is -0.872 e. The first-order chi connectivity index (χ1) is 17.3. The van der Waals surface area contributed by atoms with Crippen LogP contribution in [-0.4, -0.2) is 43.2 Å². The Kier molecular flexibility index (Phi) is 17.0.